The molecule has 9 heteroatoms. The number of nitrogens with zero attached hydrogens (tertiary/aromatic N) is 1. The van der Waals surface area contributed by atoms with Crippen molar-refractivity contribution >= 4 is 50.5 Å². The Kier molecular flexibility index (Phi) is 7.33. The molecule has 3 rings (SSSR count). The van der Waals surface area contributed by atoms with Gasteiger partial charge in [-0.2, -0.15) is 0 Å². The summed E-state index contributed by atoms with van der Waals surface area (Å²) in [6, 6.07) is 16.1. The zero-order valence-electron chi connectivity index (χ0n) is 17.7. The fourth-order valence-electron chi connectivity index (χ4n) is 3.08. The highest BCUT2D eigenvalue weighted by atomic mass is 35.5. The van der Waals surface area contributed by atoms with Crippen molar-refractivity contribution < 1.29 is 17.9 Å². The number of hydrogen-bond acceptors (Lipinski definition) is 4. The van der Waals surface area contributed by atoms with Gasteiger partial charge in [0.1, 0.15) is 17.2 Å². The van der Waals surface area contributed by atoms with Gasteiger partial charge in [-0.3, -0.25) is 9.10 Å². The van der Waals surface area contributed by atoms with Gasteiger partial charge in [0, 0.05) is 15.7 Å². The van der Waals surface area contributed by atoms with Gasteiger partial charge in [0.2, 0.25) is 5.91 Å². The lowest BCUT2D eigenvalue weighted by molar-refractivity contribution is -0.114. The van der Waals surface area contributed by atoms with Crippen LogP contribution in [0, 0.1) is 13.8 Å². The molecule has 32 heavy (non-hydrogen) atoms. The van der Waals surface area contributed by atoms with Gasteiger partial charge < -0.3 is 10.1 Å². The number of benzene rings is 3. The van der Waals surface area contributed by atoms with Gasteiger partial charge in [-0.25, -0.2) is 8.42 Å². The van der Waals surface area contributed by atoms with Gasteiger partial charge in [0.15, 0.2) is 0 Å². The number of rotatable bonds is 7. The third-order valence-electron chi connectivity index (χ3n) is 4.76. The van der Waals surface area contributed by atoms with Crippen molar-refractivity contribution in [1.29, 1.82) is 0 Å². The van der Waals surface area contributed by atoms with Gasteiger partial charge in [0.05, 0.1) is 12.8 Å². The van der Waals surface area contributed by atoms with E-state index in [1.165, 1.54) is 13.2 Å². The Morgan fingerprint density at radius 2 is 1.62 bits per heavy atom. The number of anilines is 2. The summed E-state index contributed by atoms with van der Waals surface area (Å²) in [5.41, 5.74) is 2.32. The first-order chi connectivity index (χ1) is 15.1. The van der Waals surface area contributed by atoms with Crippen molar-refractivity contribution in [2.75, 3.05) is 23.3 Å². The van der Waals surface area contributed by atoms with Crippen LogP contribution in [0.15, 0.2) is 65.6 Å². The molecule has 0 saturated carbocycles. The number of ether oxygens (including phenoxy) is 1. The standard InChI is InChI=1S/C23H22Cl2N2O4S/c1-15-4-11-21(31-3)22(12-15)32(29,30)27(19-9-7-17(24)8-10-19)14-23(28)26-20-13-18(25)6-5-16(20)2/h4-13H,14H2,1-3H3,(H,26,28). The normalized spacial score (nSPS) is 11.2. The third kappa shape index (κ3) is 5.35. The van der Waals surface area contributed by atoms with Gasteiger partial charge in [-0.15, -0.1) is 0 Å². The number of aryl methyl sites for hydroxylation is 2. The van der Waals surface area contributed by atoms with Gasteiger partial charge in [-0.1, -0.05) is 35.3 Å². The molecule has 0 aliphatic carbocycles. The molecule has 0 unspecified atom stereocenters. The summed E-state index contributed by atoms with van der Waals surface area (Å²) in [6.07, 6.45) is 0. The molecule has 0 spiro atoms. The fourth-order valence-corrected chi connectivity index (χ4v) is 5.04. The molecular weight excluding hydrogens is 471 g/mol. The monoisotopic (exact) mass is 492 g/mol. The molecule has 0 aliphatic rings. The van der Waals surface area contributed by atoms with Gasteiger partial charge in [-0.05, 0) is 73.5 Å². The molecule has 0 bridgehead atoms. The fraction of sp³-hybridized carbons (Fsp3) is 0.174. The Hall–Kier alpha value is -2.74. The van der Waals surface area contributed by atoms with Crippen LogP contribution in [0.5, 0.6) is 5.75 Å². The molecule has 168 valence electrons. The molecule has 0 radical (unpaired) electrons. The topological polar surface area (TPSA) is 75.7 Å². The summed E-state index contributed by atoms with van der Waals surface area (Å²) in [7, 11) is -2.77. The van der Waals surface area contributed by atoms with E-state index in [2.05, 4.69) is 5.32 Å². The second-order valence-corrected chi connectivity index (χ2v) is 9.85. The number of nitrogens with one attached hydrogen (secondary N) is 1. The van der Waals surface area contributed by atoms with Crippen molar-refractivity contribution in [3.05, 3.63) is 81.8 Å². The Morgan fingerprint density at radius 3 is 2.28 bits per heavy atom. The van der Waals surface area contributed by atoms with Gasteiger partial charge in [0.25, 0.3) is 10.0 Å². The number of hydrogen-bond donors (Lipinski definition) is 1. The lowest BCUT2D eigenvalue weighted by Gasteiger charge is -2.25. The Labute approximate surface area is 197 Å². The van der Waals surface area contributed by atoms with Crippen LogP contribution in [-0.2, 0) is 14.8 Å². The third-order valence-corrected chi connectivity index (χ3v) is 7.04. The summed E-state index contributed by atoms with van der Waals surface area (Å²) >= 11 is 12.0. The molecule has 0 aromatic heterocycles. The van der Waals surface area contributed by atoms with Crippen molar-refractivity contribution in [2.24, 2.45) is 0 Å². The number of halogens is 2. The Balaban J connectivity index is 2.03. The highest BCUT2D eigenvalue weighted by Crippen LogP contribution is 2.31. The van der Waals surface area contributed by atoms with E-state index in [-0.39, 0.29) is 16.3 Å². The second-order valence-electron chi connectivity index (χ2n) is 7.15. The maximum atomic E-state index is 13.7. The number of sulfonamides is 1. The van der Waals surface area contributed by atoms with Crippen LogP contribution < -0.4 is 14.4 Å². The zero-order chi connectivity index (χ0) is 23.5. The SMILES string of the molecule is COc1ccc(C)cc1S(=O)(=O)N(CC(=O)Nc1cc(Cl)ccc1C)c1ccc(Cl)cc1. The van der Waals surface area contributed by atoms with E-state index in [0.29, 0.717) is 15.7 Å². The molecule has 0 aliphatic heterocycles. The quantitative estimate of drug-likeness (QED) is 0.475. The molecule has 6 nitrogen and oxygen atoms in total. The second kappa shape index (κ2) is 9.81. The lowest BCUT2D eigenvalue weighted by Crippen LogP contribution is -2.38. The minimum Gasteiger partial charge on any atom is -0.495 e. The molecule has 0 saturated heterocycles. The number of methoxy groups -OCH3 is 1. The maximum Gasteiger partial charge on any atom is 0.268 e. The molecule has 3 aromatic carbocycles. The molecule has 0 atom stereocenters. The summed E-state index contributed by atoms with van der Waals surface area (Å²) in [6.45, 7) is 3.13. The summed E-state index contributed by atoms with van der Waals surface area (Å²) < 4.78 is 33.6. The Morgan fingerprint density at radius 1 is 0.969 bits per heavy atom. The summed E-state index contributed by atoms with van der Waals surface area (Å²) in [5, 5.41) is 3.64. The van der Waals surface area contributed by atoms with E-state index >= 15 is 0 Å². The van der Waals surface area contributed by atoms with Crippen molar-refractivity contribution in [1.82, 2.24) is 0 Å². The average Bonchev–Trinajstić information content (AvgIpc) is 2.75. The number of carbonyl (C=O) groups is 1. The smallest absolute Gasteiger partial charge is 0.268 e. The lowest BCUT2D eigenvalue weighted by atomic mass is 10.2. The minimum atomic E-state index is -4.16. The first kappa shape index (κ1) is 23.9. The van der Waals surface area contributed by atoms with Crippen molar-refractivity contribution in [3.8, 4) is 5.75 Å². The van der Waals surface area contributed by atoms with E-state index < -0.39 is 22.5 Å². The first-order valence-electron chi connectivity index (χ1n) is 9.61. The van der Waals surface area contributed by atoms with Crippen LogP contribution in [0.25, 0.3) is 0 Å². The zero-order valence-corrected chi connectivity index (χ0v) is 20.1. The van der Waals surface area contributed by atoms with Gasteiger partial charge >= 0.3 is 0 Å². The highest BCUT2D eigenvalue weighted by molar-refractivity contribution is 7.93. The van der Waals surface area contributed by atoms with Crippen LogP contribution in [0.1, 0.15) is 11.1 Å². The number of carbonyl (C=O) groups excluding carboxylic acids is 1. The van der Waals surface area contributed by atoms with Crippen molar-refractivity contribution in [3.63, 3.8) is 0 Å². The average molecular weight is 493 g/mol. The van der Waals surface area contributed by atoms with Crippen LogP contribution >= 0.6 is 23.2 Å². The Bertz CT molecular complexity index is 1250. The van der Waals surface area contributed by atoms with E-state index in [4.69, 9.17) is 27.9 Å². The number of amides is 1. The minimum absolute atomic E-state index is 0.0401. The van der Waals surface area contributed by atoms with E-state index in [1.54, 1.807) is 61.5 Å². The van der Waals surface area contributed by atoms with E-state index in [1.807, 2.05) is 6.92 Å². The maximum absolute atomic E-state index is 13.7. The molecular formula is C23H22Cl2N2O4S. The van der Waals surface area contributed by atoms with Crippen LogP contribution in [0.3, 0.4) is 0 Å². The molecule has 0 heterocycles. The van der Waals surface area contributed by atoms with E-state index in [0.717, 1.165) is 15.4 Å². The predicted octanol–water partition coefficient (Wildman–Crippen LogP) is 5.45. The summed E-state index contributed by atoms with van der Waals surface area (Å²) in [4.78, 5) is 12.9. The predicted molar refractivity (Wildman–Crippen MR) is 129 cm³/mol. The molecule has 1 N–H and O–H groups in total. The van der Waals surface area contributed by atoms with Crippen molar-refractivity contribution in [2.45, 2.75) is 18.7 Å². The van der Waals surface area contributed by atoms with Crippen LogP contribution in [-0.4, -0.2) is 28.0 Å². The summed E-state index contributed by atoms with van der Waals surface area (Å²) in [5.74, 6) is -0.346. The van der Waals surface area contributed by atoms with Crippen LogP contribution in [0.4, 0.5) is 11.4 Å². The molecule has 3 aromatic rings. The molecule has 0 fully saturated rings. The van der Waals surface area contributed by atoms with Crippen LogP contribution in [0.2, 0.25) is 10.0 Å². The highest BCUT2D eigenvalue weighted by Gasteiger charge is 2.30. The first-order valence-corrected chi connectivity index (χ1v) is 11.8. The van der Waals surface area contributed by atoms with E-state index in [9.17, 15) is 13.2 Å². The molecule has 1 amide bonds. The largest absolute Gasteiger partial charge is 0.495 e.